The topological polar surface area (TPSA) is 29.5 Å². The SMILES string of the molecule is O=C1CS[C@@H](c2cccc(Cl)c2)N1c1ccccc1Oc1ccccc1. The fourth-order valence-electron chi connectivity index (χ4n) is 2.95. The van der Waals surface area contributed by atoms with Gasteiger partial charge in [0, 0.05) is 5.02 Å². The molecule has 1 heterocycles. The second kappa shape index (κ2) is 7.44. The van der Waals surface area contributed by atoms with E-state index in [1.165, 1.54) is 0 Å². The number of carbonyl (C=O) groups is 1. The lowest BCUT2D eigenvalue weighted by Crippen LogP contribution is -2.28. The van der Waals surface area contributed by atoms with Gasteiger partial charge in [-0.15, -0.1) is 11.8 Å². The van der Waals surface area contributed by atoms with E-state index in [0.717, 1.165) is 17.0 Å². The highest BCUT2D eigenvalue weighted by Gasteiger charge is 2.35. The summed E-state index contributed by atoms with van der Waals surface area (Å²) in [7, 11) is 0. The van der Waals surface area contributed by atoms with E-state index in [0.29, 0.717) is 16.5 Å². The Labute approximate surface area is 161 Å². The lowest BCUT2D eigenvalue weighted by Gasteiger charge is -2.26. The van der Waals surface area contributed by atoms with Gasteiger partial charge in [0.25, 0.3) is 0 Å². The minimum Gasteiger partial charge on any atom is -0.455 e. The number of rotatable bonds is 4. The van der Waals surface area contributed by atoms with Crippen LogP contribution >= 0.6 is 23.4 Å². The van der Waals surface area contributed by atoms with Crippen LogP contribution in [0.15, 0.2) is 78.9 Å². The minimum absolute atomic E-state index is 0.0593. The number of amides is 1. The summed E-state index contributed by atoms with van der Waals surface area (Å²) in [6.45, 7) is 0. The predicted molar refractivity (Wildman–Crippen MR) is 107 cm³/mol. The molecule has 0 spiro atoms. The first-order chi connectivity index (χ1) is 12.7. The molecule has 0 bridgehead atoms. The van der Waals surface area contributed by atoms with Gasteiger partial charge in [0.2, 0.25) is 5.91 Å². The molecule has 1 saturated heterocycles. The number of ether oxygens (including phenoxy) is 1. The Morgan fingerprint density at radius 1 is 0.962 bits per heavy atom. The summed E-state index contributed by atoms with van der Waals surface area (Å²) in [6.07, 6.45) is 0. The molecule has 26 heavy (non-hydrogen) atoms. The third kappa shape index (κ3) is 3.43. The zero-order valence-electron chi connectivity index (χ0n) is 13.8. The molecule has 3 aromatic rings. The quantitative estimate of drug-likeness (QED) is 0.562. The summed E-state index contributed by atoms with van der Waals surface area (Å²) in [5, 5.41) is 0.540. The minimum atomic E-state index is -0.123. The monoisotopic (exact) mass is 381 g/mol. The number of thioether (sulfide) groups is 1. The van der Waals surface area contributed by atoms with Crippen molar-refractivity contribution in [2.75, 3.05) is 10.7 Å². The Morgan fingerprint density at radius 2 is 1.73 bits per heavy atom. The van der Waals surface area contributed by atoms with Gasteiger partial charge in [0.05, 0.1) is 11.4 Å². The second-order valence-corrected chi connectivity index (χ2v) is 7.37. The van der Waals surface area contributed by atoms with Gasteiger partial charge in [-0.3, -0.25) is 9.69 Å². The molecule has 0 aliphatic carbocycles. The number of benzene rings is 3. The van der Waals surface area contributed by atoms with Crippen LogP contribution in [0.4, 0.5) is 5.69 Å². The molecule has 1 aliphatic rings. The molecule has 0 radical (unpaired) electrons. The fraction of sp³-hybridized carbons (Fsp3) is 0.0952. The average molecular weight is 382 g/mol. The molecule has 0 aromatic heterocycles. The number of para-hydroxylation sites is 3. The van der Waals surface area contributed by atoms with Crippen LogP contribution in [0.2, 0.25) is 5.02 Å². The van der Waals surface area contributed by atoms with Gasteiger partial charge >= 0.3 is 0 Å². The van der Waals surface area contributed by atoms with Crippen LogP contribution < -0.4 is 9.64 Å². The molecular weight excluding hydrogens is 366 g/mol. The Kier molecular flexibility index (Phi) is 4.87. The van der Waals surface area contributed by atoms with E-state index < -0.39 is 0 Å². The second-order valence-electron chi connectivity index (χ2n) is 5.86. The summed E-state index contributed by atoms with van der Waals surface area (Å²) in [5.74, 6) is 1.88. The van der Waals surface area contributed by atoms with Gasteiger partial charge in [-0.2, -0.15) is 0 Å². The van der Waals surface area contributed by atoms with E-state index in [2.05, 4.69) is 0 Å². The number of nitrogens with zero attached hydrogens (tertiary/aromatic N) is 1. The third-order valence-corrected chi connectivity index (χ3v) is 5.54. The van der Waals surface area contributed by atoms with Crippen molar-refractivity contribution < 1.29 is 9.53 Å². The van der Waals surface area contributed by atoms with E-state index in [4.69, 9.17) is 16.3 Å². The molecule has 1 fully saturated rings. The molecule has 1 aliphatic heterocycles. The van der Waals surface area contributed by atoms with Gasteiger partial charge in [-0.1, -0.05) is 54.1 Å². The summed E-state index contributed by atoms with van der Waals surface area (Å²) in [5.41, 5.74) is 1.76. The first-order valence-corrected chi connectivity index (χ1v) is 9.66. The smallest absolute Gasteiger partial charge is 0.238 e. The number of carbonyl (C=O) groups excluding carboxylic acids is 1. The maximum atomic E-state index is 12.7. The highest BCUT2D eigenvalue weighted by atomic mass is 35.5. The van der Waals surface area contributed by atoms with Crippen molar-refractivity contribution in [2.45, 2.75) is 5.37 Å². The summed E-state index contributed by atoms with van der Waals surface area (Å²) < 4.78 is 6.05. The highest BCUT2D eigenvalue weighted by molar-refractivity contribution is 8.00. The Balaban J connectivity index is 1.72. The van der Waals surface area contributed by atoms with Crippen LogP contribution in [0.25, 0.3) is 0 Å². The van der Waals surface area contributed by atoms with Crippen LogP contribution in [0, 0.1) is 0 Å². The zero-order valence-corrected chi connectivity index (χ0v) is 15.4. The molecule has 5 heteroatoms. The Morgan fingerprint density at radius 3 is 2.54 bits per heavy atom. The molecule has 0 N–H and O–H groups in total. The number of halogens is 1. The Bertz CT molecular complexity index is 932. The molecule has 1 amide bonds. The summed E-state index contributed by atoms with van der Waals surface area (Å²) >= 11 is 7.75. The van der Waals surface area contributed by atoms with Crippen LogP contribution in [0.1, 0.15) is 10.9 Å². The summed E-state index contributed by atoms with van der Waals surface area (Å²) in [6, 6.07) is 24.8. The zero-order chi connectivity index (χ0) is 17.9. The number of anilines is 1. The fourth-order valence-corrected chi connectivity index (χ4v) is 4.31. The lowest BCUT2D eigenvalue weighted by atomic mass is 10.2. The van der Waals surface area contributed by atoms with Crippen LogP contribution in [0.5, 0.6) is 11.5 Å². The highest BCUT2D eigenvalue weighted by Crippen LogP contribution is 2.45. The van der Waals surface area contributed by atoms with E-state index >= 15 is 0 Å². The maximum absolute atomic E-state index is 12.7. The largest absolute Gasteiger partial charge is 0.455 e. The van der Waals surface area contributed by atoms with E-state index in [1.807, 2.05) is 78.9 Å². The molecule has 0 saturated carbocycles. The third-order valence-electron chi connectivity index (χ3n) is 4.10. The molecule has 1 atom stereocenters. The van der Waals surface area contributed by atoms with E-state index in [1.54, 1.807) is 16.7 Å². The first kappa shape index (κ1) is 17.0. The molecule has 130 valence electrons. The van der Waals surface area contributed by atoms with Crippen molar-refractivity contribution in [3.05, 3.63) is 89.4 Å². The molecule has 3 nitrogen and oxygen atoms in total. The molecule has 0 unspecified atom stereocenters. The Hall–Kier alpha value is -2.43. The van der Waals surface area contributed by atoms with Crippen molar-refractivity contribution in [1.82, 2.24) is 0 Å². The predicted octanol–water partition coefficient (Wildman–Crippen LogP) is 5.91. The molecular formula is C21H16ClNO2S. The first-order valence-electron chi connectivity index (χ1n) is 8.23. The van der Waals surface area contributed by atoms with Crippen molar-refractivity contribution >= 4 is 35.0 Å². The van der Waals surface area contributed by atoms with E-state index in [-0.39, 0.29) is 11.3 Å². The molecule has 3 aromatic carbocycles. The normalized spacial score (nSPS) is 16.7. The maximum Gasteiger partial charge on any atom is 0.238 e. The van der Waals surface area contributed by atoms with Gasteiger partial charge in [0.1, 0.15) is 11.1 Å². The average Bonchev–Trinajstić information content (AvgIpc) is 3.04. The van der Waals surface area contributed by atoms with Gasteiger partial charge in [-0.05, 0) is 42.0 Å². The van der Waals surface area contributed by atoms with Crippen LogP contribution in [0.3, 0.4) is 0 Å². The van der Waals surface area contributed by atoms with Gasteiger partial charge < -0.3 is 4.74 Å². The number of hydrogen-bond donors (Lipinski definition) is 0. The van der Waals surface area contributed by atoms with Crippen LogP contribution in [-0.2, 0) is 4.79 Å². The molecule has 4 rings (SSSR count). The van der Waals surface area contributed by atoms with Crippen LogP contribution in [-0.4, -0.2) is 11.7 Å². The van der Waals surface area contributed by atoms with Gasteiger partial charge in [0.15, 0.2) is 5.75 Å². The van der Waals surface area contributed by atoms with Crippen molar-refractivity contribution in [3.63, 3.8) is 0 Å². The van der Waals surface area contributed by atoms with Crippen molar-refractivity contribution in [2.24, 2.45) is 0 Å². The van der Waals surface area contributed by atoms with E-state index in [9.17, 15) is 4.79 Å². The summed E-state index contributed by atoms with van der Waals surface area (Å²) in [4.78, 5) is 14.5. The lowest BCUT2D eigenvalue weighted by molar-refractivity contribution is -0.115. The van der Waals surface area contributed by atoms with Crippen molar-refractivity contribution in [1.29, 1.82) is 0 Å². The van der Waals surface area contributed by atoms with Crippen molar-refractivity contribution in [3.8, 4) is 11.5 Å². The number of hydrogen-bond acceptors (Lipinski definition) is 3. The standard InChI is InChI=1S/C21H16ClNO2S/c22-16-8-6-7-15(13-16)21-23(20(24)14-26-21)18-11-4-5-12-19(18)25-17-9-2-1-3-10-17/h1-13,21H,14H2/t21-/m0/s1. The van der Waals surface area contributed by atoms with Gasteiger partial charge in [-0.25, -0.2) is 0 Å².